The zero-order chi connectivity index (χ0) is 37.4. The Morgan fingerprint density at radius 1 is 0.940 bits per heavy atom. The molecule has 4 aliphatic rings. The molecule has 1 amide bonds. The summed E-state index contributed by atoms with van der Waals surface area (Å²) in [4.78, 5) is 70.8. The quantitative estimate of drug-likeness (QED) is 0.106. The number of likely N-dealkylation sites (tertiary alicyclic amines) is 1. The lowest BCUT2D eigenvalue weighted by molar-refractivity contribution is -0.148. The summed E-state index contributed by atoms with van der Waals surface area (Å²) in [7, 11) is -3.46. The van der Waals surface area contributed by atoms with E-state index >= 15 is 0 Å². The molecule has 8 nitrogen and oxygen atoms in total. The number of carbonyl (C=O) groups is 5. The summed E-state index contributed by atoms with van der Waals surface area (Å²) in [5.41, 5.74) is -1.33. The van der Waals surface area contributed by atoms with Gasteiger partial charge in [-0.3, -0.25) is 24.0 Å². The summed E-state index contributed by atoms with van der Waals surface area (Å²) >= 11 is 0. The minimum atomic E-state index is -3.46. The number of hydrogen-bond acceptors (Lipinski definition) is 7. The van der Waals surface area contributed by atoms with Gasteiger partial charge in [0.05, 0.1) is 16.5 Å². The molecule has 0 N–H and O–H groups in total. The minimum absolute atomic E-state index is 0.00388. The summed E-state index contributed by atoms with van der Waals surface area (Å²) in [5.74, 6) is -2.13. The van der Waals surface area contributed by atoms with E-state index in [0.29, 0.717) is 38.1 Å². The van der Waals surface area contributed by atoms with Crippen molar-refractivity contribution >= 4 is 38.9 Å². The number of carbonyl (C=O) groups excluding carboxylic acids is 5. The number of sulfone groups is 1. The Bertz CT molecular complexity index is 1440. The zero-order valence-corrected chi connectivity index (χ0v) is 33.1. The second-order valence-corrected chi connectivity index (χ2v) is 21.9. The summed E-state index contributed by atoms with van der Waals surface area (Å²) in [6.07, 6.45) is 9.89. The molecule has 0 radical (unpaired) electrons. The minimum Gasteiger partial charge on any atom is -0.332 e. The molecule has 282 valence electrons. The molecule has 4 rings (SSSR count). The van der Waals surface area contributed by atoms with Crippen molar-refractivity contribution in [1.82, 2.24) is 4.90 Å². The molecule has 0 spiro atoms. The van der Waals surface area contributed by atoms with Gasteiger partial charge in [-0.1, -0.05) is 72.8 Å². The van der Waals surface area contributed by atoms with Crippen LogP contribution in [-0.4, -0.2) is 65.4 Å². The molecule has 50 heavy (non-hydrogen) atoms. The van der Waals surface area contributed by atoms with Crippen molar-refractivity contribution in [3.05, 3.63) is 12.7 Å². The fraction of sp³-hybridized carbons (Fsp3) is 0.829. The average molecular weight is 716 g/mol. The van der Waals surface area contributed by atoms with Crippen LogP contribution < -0.4 is 0 Å². The SMILES string of the molecule is C=CCCC(=O)C(=O)[C@H](CCC1CC1)CC(=O)[C@@H]1[C@@H]2[C@H](CN1C(=O)[C@@H](CC(=O)CC1(CS(=O)(=O)C(C)(C)C)CCCCC1)C(C)(C)C)C2(C)C. The second kappa shape index (κ2) is 15.1. The van der Waals surface area contributed by atoms with E-state index in [2.05, 4.69) is 20.4 Å². The van der Waals surface area contributed by atoms with E-state index in [0.717, 1.165) is 38.5 Å². The van der Waals surface area contributed by atoms with Crippen molar-refractivity contribution < 1.29 is 32.4 Å². The number of fused-ring (bicyclic) bond motifs is 1. The Balaban J connectivity index is 1.55. The first-order valence-corrected chi connectivity index (χ1v) is 20.9. The van der Waals surface area contributed by atoms with Gasteiger partial charge < -0.3 is 4.90 Å². The van der Waals surface area contributed by atoms with E-state index in [9.17, 15) is 32.4 Å². The molecule has 1 heterocycles. The topological polar surface area (TPSA) is 123 Å². The number of hydrogen-bond donors (Lipinski definition) is 0. The van der Waals surface area contributed by atoms with E-state index in [1.807, 2.05) is 20.8 Å². The predicted octanol–water partition coefficient (Wildman–Crippen LogP) is 7.51. The summed E-state index contributed by atoms with van der Waals surface area (Å²) in [6.45, 7) is 19.3. The lowest BCUT2D eigenvalue weighted by Gasteiger charge is -2.40. The molecule has 3 saturated carbocycles. The lowest BCUT2D eigenvalue weighted by Crippen LogP contribution is -2.51. The molecule has 0 aromatic carbocycles. The molecule has 4 fully saturated rings. The van der Waals surface area contributed by atoms with Gasteiger partial charge in [0.1, 0.15) is 5.78 Å². The Labute approximate surface area is 302 Å². The van der Waals surface area contributed by atoms with Gasteiger partial charge in [0.15, 0.2) is 21.4 Å². The fourth-order valence-corrected chi connectivity index (χ4v) is 10.6. The second-order valence-electron chi connectivity index (χ2n) is 19.2. The predicted molar refractivity (Wildman–Crippen MR) is 197 cm³/mol. The first kappa shape index (κ1) is 40.6. The molecule has 1 aliphatic heterocycles. The van der Waals surface area contributed by atoms with Crippen molar-refractivity contribution in [2.45, 2.75) is 156 Å². The highest BCUT2D eigenvalue weighted by Gasteiger charge is 2.69. The molecular formula is C41H65NO7S. The van der Waals surface area contributed by atoms with Gasteiger partial charge in [-0.2, -0.15) is 0 Å². The average Bonchev–Trinajstić information content (AvgIpc) is 3.87. The third kappa shape index (κ3) is 9.25. The number of allylic oxidation sites excluding steroid dienone is 1. The number of piperidine rings is 1. The standard InChI is InChI=1S/C41H65NO7S/c1-10-11-15-32(44)36(46)28(19-18-27-16-17-27)22-33(45)35-34-31(40(34,8)9)25-42(35)37(47)30(38(2,3)4)23-29(43)24-41(20-13-12-14-21-41)26-50(48,49)39(5,6)7/h10,27-28,30-31,34-35H,1,11-26H2,2-9H3/t28-,30-,31+,34+,35-/m1/s1. The normalized spacial score (nSPS) is 25.7. The Hall–Kier alpha value is -2.16. The van der Waals surface area contributed by atoms with Crippen molar-refractivity contribution in [2.75, 3.05) is 12.3 Å². The first-order chi connectivity index (χ1) is 23.0. The van der Waals surface area contributed by atoms with Crippen LogP contribution in [0.1, 0.15) is 145 Å². The van der Waals surface area contributed by atoms with E-state index in [-0.39, 0.29) is 66.2 Å². The molecule has 1 saturated heterocycles. The Morgan fingerprint density at radius 3 is 2.10 bits per heavy atom. The van der Waals surface area contributed by atoms with E-state index in [1.165, 1.54) is 0 Å². The van der Waals surface area contributed by atoms with Crippen LogP contribution >= 0.6 is 0 Å². The van der Waals surface area contributed by atoms with Crippen molar-refractivity contribution in [3.8, 4) is 0 Å². The van der Waals surface area contributed by atoms with E-state index in [1.54, 1.807) is 31.7 Å². The van der Waals surface area contributed by atoms with Gasteiger partial charge in [0, 0.05) is 44.1 Å². The third-order valence-electron chi connectivity index (χ3n) is 12.8. The van der Waals surface area contributed by atoms with Crippen LogP contribution in [0.4, 0.5) is 0 Å². The highest BCUT2D eigenvalue weighted by atomic mass is 32.2. The van der Waals surface area contributed by atoms with Crippen LogP contribution in [-0.2, 0) is 33.8 Å². The highest BCUT2D eigenvalue weighted by molar-refractivity contribution is 7.92. The van der Waals surface area contributed by atoms with Gasteiger partial charge in [0.2, 0.25) is 11.7 Å². The zero-order valence-electron chi connectivity index (χ0n) is 32.3. The largest absolute Gasteiger partial charge is 0.332 e. The summed E-state index contributed by atoms with van der Waals surface area (Å²) in [5, 5.41) is 0. The molecular weight excluding hydrogens is 651 g/mol. The maximum Gasteiger partial charge on any atom is 0.227 e. The van der Waals surface area contributed by atoms with Gasteiger partial charge in [-0.25, -0.2) is 8.42 Å². The van der Waals surface area contributed by atoms with Crippen LogP contribution in [0.15, 0.2) is 12.7 Å². The van der Waals surface area contributed by atoms with Gasteiger partial charge >= 0.3 is 0 Å². The number of amides is 1. The maximum atomic E-state index is 14.6. The van der Waals surface area contributed by atoms with Crippen LogP contribution in [0.5, 0.6) is 0 Å². The van der Waals surface area contributed by atoms with Crippen LogP contribution in [0.3, 0.4) is 0 Å². The van der Waals surface area contributed by atoms with Crippen molar-refractivity contribution in [3.63, 3.8) is 0 Å². The monoisotopic (exact) mass is 715 g/mol. The first-order valence-electron chi connectivity index (χ1n) is 19.3. The van der Waals surface area contributed by atoms with Gasteiger partial charge in [-0.05, 0) is 86.9 Å². The number of nitrogens with zero attached hydrogens (tertiary/aromatic N) is 1. The maximum absolute atomic E-state index is 14.6. The number of ketones is 4. The van der Waals surface area contributed by atoms with Crippen LogP contribution in [0.2, 0.25) is 0 Å². The van der Waals surface area contributed by atoms with Crippen molar-refractivity contribution in [2.24, 2.45) is 45.8 Å². The summed E-state index contributed by atoms with van der Waals surface area (Å²) in [6, 6.07) is -0.691. The Morgan fingerprint density at radius 2 is 1.56 bits per heavy atom. The van der Waals surface area contributed by atoms with E-state index in [4.69, 9.17) is 0 Å². The Kier molecular flexibility index (Phi) is 12.2. The fourth-order valence-electron chi connectivity index (χ4n) is 8.98. The third-order valence-corrected chi connectivity index (χ3v) is 15.7. The number of Topliss-reactive ketones (excluding diaryl/α,β-unsaturated/α-hetero) is 4. The molecule has 0 aromatic rings. The molecule has 0 unspecified atom stereocenters. The van der Waals surface area contributed by atoms with Crippen LogP contribution in [0, 0.1) is 45.8 Å². The highest BCUT2D eigenvalue weighted by Crippen LogP contribution is 2.65. The smallest absolute Gasteiger partial charge is 0.227 e. The number of rotatable bonds is 18. The van der Waals surface area contributed by atoms with Gasteiger partial charge in [-0.15, -0.1) is 6.58 Å². The van der Waals surface area contributed by atoms with E-state index < -0.39 is 54.9 Å². The molecule has 3 aliphatic carbocycles. The molecule has 0 bridgehead atoms. The summed E-state index contributed by atoms with van der Waals surface area (Å²) < 4.78 is 25.9. The van der Waals surface area contributed by atoms with Gasteiger partial charge in [0.25, 0.3) is 0 Å². The van der Waals surface area contributed by atoms with Crippen molar-refractivity contribution in [1.29, 1.82) is 0 Å². The molecule has 9 heteroatoms. The lowest BCUT2D eigenvalue weighted by atomic mass is 9.70. The molecule has 0 aromatic heterocycles. The molecule has 5 atom stereocenters. The van der Waals surface area contributed by atoms with Crippen LogP contribution in [0.25, 0.3) is 0 Å².